The first kappa shape index (κ1) is 18.7. The van der Waals surface area contributed by atoms with E-state index in [-0.39, 0.29) is 11.8 Å². The molecule has 0 unspecified atom stereocenters. The van der Waals surface area contributed by atoms with Crippen molar-refractivity contribution in [1.82, 2.24) is 24.6 Å². The highest BCUT2D eigenvalue weighted by molar-refractivity contribution is 5.98. The third-order valence-corrected chi connectivity index (χ3v) is 6.05. The van der Waals surface area contributed by atoms with Gasteiger partial charge in [0.15, 0.2) is 5.69 Å². The second-order valence-electron chi connectivity index (χ2n) is 7.92. The summed E-state index contributed by atoms with van der Waals surface area (Å²) in [5.41, 5.74) is 3.10. The molecule has 2 aliphatic rings. The van der Waals surface area contributed by atoms with Crippen molar-refractivity contribution >= 4 is 22.7 Å². The quantitative estimate of drug-likeness (QED) is 0.722. The number of aryl methyl sites for hydroxylation is 2. The van der Waals surface area contributed by atoms with Crippen molar-refractivity contribution in [3.63, 3.8) is 0 Å². The molecular formula is C22H25N5O3. The monoisotopic (exact) mass is 407 g/mol. The Morgan fingerprint density at radius 2 is 1.73 bits per heavy atom. The number of aromatic nitrogens is 3. The van der Waals surface area contributed by atoms with Gasteiger partial charge in [-0.05, 0) is 43.5 Å². The van der Waals surface area contributed by atoms with Gasteiger partial charge in [0, 0.05) is 55.4 Å². The maximum absolute atomic E-state index is 12.9. The highest BCUT2D eigenvalue weighted by Gasteiger charge is 2.28. The predicted octanol–water partition coefficient (Wildman–Crippen LogP) is 2.31. The molecule has 2 aliphatic heterocycles. The molecule has 1 aromatic carbocycles. The van der Waals surface area contributed by atoms with E-state index >= 15 is 0 Å². The zero-order chi connectivity index (χ0) is 20.7. The van der Waals surface area contributed by atoms with Crippen molar-refractivity contribution < 1.29 is 14.3 Å². The first-order valence-corrected chi connectivity index (χ1v) is 10.4. The fraction of sp³-hybridized carbons (Fsp3) is 0.409. The summed E-state index contributed by atoms with van der Waals surface area (Å²) >= 11 is 0. The number of hydrogen-bond donors (Lipinski definition) is 1. The summed E-state index contributed by atoms with van der Waals surface area (Å²) in [5.74, 6) is 0.660. The van der Waals surface area contributed by atoms with Crippen LogP contribution in [0.25, 0.3) is 10.9 Å². The molecule has 2 amide bonds. The minimum Gasteiger partial charge on any atom is -0.497 e. The standard InChI is InChI=1S/C22H25N5O3/c1-30-17-6-5-15-12-19(23-18(15)14-17)21(28)25-8-10-26(11-9-25)22(29)20-13-16-4-2-3-7-27(16)24-20/h5-6,12-14,23H,2-4,7-11H2,1H3. The van der Waals surface area contributed by atoms with Crippen molar-refractivity contribution in [1.29, 1.82) is 0 Å². The molecular weight excluding hydrogens is 382 g/mol. The van der Waals surface area contributed by atoms with E-state index in [1.807, 2.05) is 35.0 Å². The SMILES string of the molecule is COc1ccc2cc(C(=O)N3CCN(C(=O)c4cc5n(n4)CCCC5)CC3)[nH]c2c1. The highest BCUT2D eigenvalue weighted by Crippen LogP contribution is 2.22. The molecule has 8 heteroatoms. The van der Waals surface area contributed by atoms with Crippen LogP contribution in [0.3, 0.4) is 0 Å². The van der Waals surface area contributed by atoms with Gasteiger partial charge in [0.1, 0.15) is 11.4 Å². The van der Waals surface area contributed by atoms with Gasteiger partial charge in [-0.2, -0.15) is 5.10 Å². The lowest BCUT2D eigenvalue weighted by molar-refractivity contribution is 0.0529. The van der Waals surface area contributed by atoms with Crippen molar-refractivity contribution in [2.45, 2.75) is 25.8 Å². The van der Waals surface area contributed by atoms with E-state index in [0.717, 1.165) is 48.2 Å². The van der Waals surface area contributed by atoms with Gasteiger partial charge in [-0.25, -0.2) is 0 Å². The van der Waals surface area contributed by atoms with Crippen molar-refractivity contribution in [2.24, 2.45) is 0 Å². The summed E-state index contributed by atoms with van der Waals surface area (Å²) in [7, 11) is 1.62. The maximum atomic E-state index is 12.9. The molecule has 2 aromatic heterocycles. The van der Waals surface area contributed by atoms with Crippen LogP contribution in [0.5, 0.6) is 5.75 Å². The van der Waals surface area contributed by atoms with Crippen molar-refractivity contribution in [2.75, 3.05) is 33.3 Å². The van der Waals surface area contributed by atoms with Gasteiger partial charge in [0.05, 0.1) is 7.11 Å². The molecule has 0 saturated carbocycles. The van der Waals surface area contributed by atoms with Gasteiger partial charge in [0.25, 0.3) is 11.8 Å². The van der Waals surface area contributed by atoms with E-state index in [0.29, 0.717) is 37.6 Å². The van der Waals surface area contributed by atoms with E-state index in [9.17, 15) is 9.59 Å². The average molecular weight is 407 g/mol. The van der Waals surface area contributed by atoms with Gasteiger partial charge in [-0.3, -0.25) is 14.3 Å². The Labute approximate surface area is 174 Å². The van der Waals surface area contributed by atoms with E-state index in [4.69, 9.17) is 4.74 Å². The van der Waals surface area contributed by atoms with E-state index in [1.165, 1.54) is 0 Å². The molecule has 0 spiro atoms. The number of carbonyl (C=O) groups excluding carboxylic acids is 2. The molecule has 1 fully saturated rings. The molecule has 1 N–H and O–H groups in total. The molecule has 156 valence electrons. The second-order valence-corrected chi connectivity index (χ2v) is 7.92. The van der Waals surface area contributed by atoms with Crippen LogP contribution >= 0.6 is 0 Å². The number of methoxy groups -OCH3 is 1. The van der Waals surface area contributed by atoms with Crippen LogP contribution in [0, 0.1) is 0 Å². The van der Waals surface area contributed by atoms with E-state index in [2.05, 4.69) is 10.1 Å². The number of carbonyl (C=O) groups is 2. The van der Waals surface area contributed by atoms with Crippen molar-refractivity contribution in [3.8, 4) is 5.75 Å². The summed E-state index contributed by atoms with van der Waals surface area (Å²) in [5, 5.41) is 5.46. The number of piperazine rings is 1. The predicted molar refractivity (Wildman–Crippen MR) is 112 cm³/mol. The van der Waals surface area contributed by atoms with Gasteiger partial charge >= 0.3 is 0 Å². The Balaban J connectivity index is 1.24. The molecule has 5 rings (SSSR count). The summed E-state index contributed by atoms with van der Waals surface area (Å²) in [4.78, 5) is 32.6. The average Bonchev–Trinajstić information content (AvgIpc) is 3.41. The number of benzene rings is 1. The largest absolute Gasteiger partial charge is 0.497 e. The number of nitrogens with one attached hydrogen (secondary N) is 1. The van der Waals surface area contributed by atoms with Crippen LogP contribution in [0.2, 0.25) is 0 Å². The van der Waals surface area contributed by atoms with Gasteiger partial charge in [-0.1, -0.05) is 0 Å². The van der Waals surface area contributed by atoms with Gasteiger partial charge < -0.3 is 19.5 Å². The lowest BCUT2D eigenvalue weighted by Gasteiger charge is -2.34. The van der Waals surface area contributed by atoms with Crippen LogP contribution in [0.4, 0.5) is 0 Å². The Morgan fingerprint density at radius 1 is 0.967 bits per heavy atom. The number of ether oxygens (including phenoxy) is 1. The fourth-order valence-corrected chi connectivity index (χ4v) is 4.32. The Bertz CT molecular complexity index is 1080. The molecule has 0 radical (unpaired) electrons. The lowest BCUT2D eigenvalue weighted by atomic mass is 10.1. The molecule has 8 nitrogen and oxygen atoms in total. The maximum Gasteiger partial charge on any atom is 0.274 e. The summed E-state index contributed by atoms with van der Waals surface area (Å²) in [6, 6.07) is 9.49. The smallest absolute Gasteiger partial charge is 0.274 e. The Morgan fingerprint density at radius 3 is 2.47 bits per heavy atom. The molecule has 4 heterocycles. The second kappa shape index (κ2) is 7.51. The number of rotatable bonds is 3. The minimum absolute atomic E-state index is 0.0401. The van der Waals surface area contributed by atoms with Crippen LogP contribution in [0.1, 0.15) is 39.5 Å². The Hall–Kier alpha value is -3.29. The molecule has 0 bridgehead atoms. The third kappa shape index (κ3) is 3.32. The van der Waals surface area contributed by atoms with Crippen LogP contribution in [-0.2, 0) is 13.0 Å². The number of H-pyrrole nitrogens is 1. The summed E-state index contributed by atoms with van der Waals surface area (Å²) < 4.78 is 7.21. The summed E-state index contributed by atoms with van der Waals surface area (Å²) in [6.45, 7) is 2.94. The molecule has 30 heavy (non-hydrogen) atoms. The normalized spacial score (nSPS) is 16.6. The third-order valence-electron chi connectivity index (χ3n) is 6.05. The van der Waals surface area contributed by atoms with E-state index < -0.39 is 0 Å². The lowest BCUT2D eigenvalue weighted by Crippen LogP contribution is -2.50. The first-order chi connectivity index (χ1) is 14.6. The number of hydrogen-bond acceptors (Lipinski definition) is 4. The van der Waals surface area contributed by atoms with E-state index in [1.54, 1.807) is 16.9 Å². The Kier molecular flexibility index (Phi) is 4.69. The van der Waals surface area contributed by atoms with Crippen LogP contribution in [0.15, 0.2) is 30.3 Å². The fourth-order valence-electron chi connectivity index (χ4n) is 4.32. The van der Waals surface area contributed by atoms with Gasteiger partial charge in [-0.15, -0.1) is 0 Å². The number of fused-ring (bicyclic) bond motifs is 2. The topological polar surface area (TPSA) is 83.5 Å². The summed E-state index contributed by atoms with van der Waals surface area (Å²) in [6.07, 6.45) is 3.25. The zero-order valence-corrected chi connectivity index (χ0v) is 17.1. The van der Waals surface area contributed by atoms with Crippen molar-refractivity contribution in [3.05, 3.63) is 47.4 Å². The first-order valence-electron chi connectivity index (χ1n) is 10.4. The van der Waals surface area contributed by atoms with Gasteiger partial charge in [0.2, 0.25) is 0 Å². The van der Waals surface area contributed by atoms with Crippen LogP contribution < -0.4 is 4.74 Å². The molecule has 0 aliphatic carbocycles. The van der Waals surface area contributed by atoms with Crippen LogP contribution in [-0.4, -0.2) is 69.7 Å². The highest BCUT2D eigenvalue weighted by atomic mass is 16.5. The molecule has 0 atom stereocenters. The number of amides is 2. The number of aromatic amines is 1. The number of nitrogens with zero attached hydrogens (tertiary/aromatic N) is 4. The molecule has 1 saturated heterocycles. The molecule has 3 aromatic rings. The zero-order valence-electron chi connectivity index (χ0n) is 17.1. The minimum atomic E-state index is -0.0466.